The van der Waals surface area contributed by atoms with E-state index in [4.69, 9.17) is 4.74 Å². The van der Waals surface area contributed by atoms with Crippen molar-refractivity contribution in [3.8, 4) is 16.2 Å². The van der Waals surface area contributed by atoms with Crippen molar-refractivity contribution in [2.24, 2.45) is 5.10 Å². The molecule has 0 aliphatic carbocycles. The Morgan fingerprint density at radius 1 is 1.03 bits per heavy atom. The first-order chi connectivity index (χ1) is 14.0. The SMILES string of the molecule is COc1ccc([C@]2(C)NC(=O)N(/N=C\c3ccc(-c4ccccc4)s3)C2=O)cc1. The van der Waals surface area contributed by atoms with Gasteiger partial charge in [0.15, 0.2) is 0 Å². The molecule has 0 bridgehead atoms. The molecular weight excluding hydrogens is 386 g/mol. The molecule has 0 spiro atoms. The molecule has 1 aromatic heterocycles. The van der Waals surface area contributed by atoms with Crippen molar-refractivity contribution in [3.63, 3.8) is 0 Å². The van der Waals surface area contributed by atoms with Crippen molar-refractivity contribution in [1.29, 1.82) is 0 Å². The number of amides is 3. The number of nitrogens with zero attached hydrogens (tertiary/aromatic N) is 2. The molecule has 1 saturated heterocycles. The van der Waals surface area contributed by atoms with E-state index < -0.39 is 17.5 Å². The summed E-state index contributed by atoms with van der Waals surface area (Å²) in [5.74, 6) is 0.250. The minimum Gasteiger partial charge on any atom is -0.497 e. The van der Waals surface area contributed by atoms with Crippen LogP contribution in [0.1, 0.15) is 17.4 Å². The molecule has 3 amide bonds. The number of carbonyl (C=O) groups excluding carboxylic acids is 2. The minimum atomic E-state index is -1.18. The number of hydrazone groups is 1. The number of benzene rings is 2. The van der Waals surface area contributed by atoms with Gasteiger partial charge in [-0.3, -0.25) is 4.79 Å². The summed E-state index contributed by atoms with van der Waals surface area (Å²) in [7, 11) is 1.57. The summed E-state index contributed by atoms with van der Waals surface area (Å²) in [5, 5.41) is 7.77. The van der Waals surface area contributed by atoms with Crippen molar-refractivity contribution in [3.05, 3.63) is 77.2 Å². The van der Waals surface area contributed by atoms with Crippen LogP contribution in [0.5, 0.6) is 5.75 Å². The van der Waals surface area contributed by atoms with Crippen LogP contribution in [-0.4, -0.2) is 30.3 Å². The number of nitrogens with one attached hydrogen (secondary N) is 1. The van der Waals surface area contributed by atoms with Gasteiger partial charge in [-0.2, -0.15) is 5.10 Å². The van der Waals surface area contributed by atoms with Crippen molar-refractivity contribution >= 4 is 29.5 Å². The summed E-state index contributed by atoms with van der Waals surface area (Å²) in [4.78, 5) is 27.3. The molecular formula is C22H19N3O3S. The van der Waals surface area contributed by atoms with E-state index in [2.05, 4.69) is 10.4 Å². The van der Waals surface area contributed by atoms with E-state index >= 15 is 0 Å². The molecule has 3 aromatic rings. The van der Waals surface area contributed by atoms with E-state index in [9.17, 15) is 9.59 Å². The normalized spacial score (nSPS) is 19.0. The number of imide groups is 1. The van der Waals surface area contributed by atoms with Crippen LogP contribution in [-0.2, 0) is 10.3 Å². The van der Waals surface area contributed by atoms with E-state index in [-0.39, 0.29) is 0 Å². The number of ether oxygens (including phenoxy) is 1. The van der Waals surface area contributed by atoms with Crippen LogP contribution in [0.4, 0.5) is 4.79 Å². The van der Waals surface area contributed by atoms with Crippen molar-refractivity contribution in [2.45, 2.75) is 12.5 Å². The van der Waals surface area contributed by atoms with Crippen LogP contribution in [0.3, 0.4) is 0 Å². The number of hydrogen-bond donors (Lipinski definition) is 1. The van der Waals surface area contributed by atoms with Crippen LogP contribution < -0.4 is 10.1 Å². The molecule has 4 rings (SSSR count). The standard InChI is InChI=1S/C22H19N3O3S/c1-22(16-8-10-17(28-2)11-9-16)20(26)25(21(27)24-22)23-14-18-12-13-19(29-18)15-6-4-3-5-7-15/h3-14H,1-2H3,(H,24,27)/b23-14-/t22-/m0/s1. The highest BCUT2D eigenvalue weighted by Crippen LogP contribution is 2.31. The number of methoxy groups -OCH3 is 1. The fraction of sp³-hybridized carbons (Fsp3) is 0.136. The zero-order valence-corrected chi connectivity index (χ0v) is 16.8. The van der Waals surface area contributed by atoms with Gasteiger partial charge in [-0.05, 0) is 42.3 Å². The minimum absolute atomic E-state index is 0.427. The first kappa shape index (κ1) is 18.9. The van der Waals surface area contributed by atoms with E-state index in [0.717, 1.165) is 20.3 Å². The molecule has 1 fully saturated rings. The molecule has 1 atom stereocenters. The second kappa shape index (κ2) is 7.52. The maximum absolute atomic E-state index is 12.9. The van der Waals surface area contributed by atoms with Gasteiger partial charge < -0.3 is 10.1 Å². The van der Waals surface area contributed by atoms with Gasteiger partial charge in [-0.15, -0.1) is 16.3 Å². The topological polar surface area (TPSA) is 71.0 Å². The Hall–Kier alpha value is -3.45. The number of thiophene rings is 1. The fourth-order valence-electron chi connectivity index (χ4n) is 3.14. The molecule has 0 saturated carbocycles. The van der Waals surface area contributed by atoms with Gasteiger partial charge >= 0.3 is 6.03 Å². The summed E-state index contributed by atoms with van der Waals surface area (Å²) < 4.78 is 5.15. The number of rotatable bonds is 5. The average molecular weight is 405 g/mol. The molecule has 0 unspecified atom stereocenters. The van der Waals surface area contributed by atoms with Crippen LogP contribution in [0, 0.1) is 0 Å². The first-order valence-electron chi connectivity index (χ1n) is 9.02. The van der Waals surface area contributed by atoms with E-state index in [1.165, 1.54) is 17.6 Å². The maximum atomic E-state index is 12.9. The second-order valence-corrected chi connectivity index (χ2v) is 7.83. The Morgan fingerprint density at radius 3 is 2.45 bits per heavy atom. The predicted molar refractivity (Wildman–Crippen MR) is 113 cm³/mol. The van der Waals surface area contributed by atoms with Crippen LogP contribution in [0.25, 0.3) is 10.4 Å². The quantitative estimate of drug-likeness (QED) is 0.510. The van der Waals surface area contributed by atoms with Crippen molar-refractivity contribution in [1.82, 2.24) is 10.3 Å². The Bertz CT molecular complexity index is 1080. The lowest BCUT2D eigenvalue weighted by atomic mass is 9.92. The third-order valence-electron chi connectivity index (χ3n) is 4.82. The molecule has 29 heavy (non-hydrogen) atoms. The first-order valence-corrected chi connectivity index (χ1v) is 9.83. The summed E-state index contributed by atoms with van der Waals surface area (Å²) in [6, 6.07) is 20.4. The van der Waals surface area contributed by atoms with Gasteiger partial charge in [-0.25, -0.2) is 4.79 Å². The molecule has 0 radical (unpaired) electrons. The predicted octanol–water partition coefficient (Wildman–Crippen LogP) is 4.22. The van der Waals surface area contributed by atoms with Crippen molar-refractivity contribution < 1.29 is 14.3 Å². The van der Waals surface area contributed by atoms with Crippen LogP contribution in [0.15, 0.2) is 71.8 Å². The maximum Gasteiger partial charge on any atom is 0.346 e. The monoisotopic (exact) mass is 405 g/mol. The van der Waals surface area contributed by atoms with Crippen LogP contribution in [0.2, 0.25) is 0 Å². The lowest BCUT2D eigenvalue weighted by Crippen LogP contribution is -2.40. The highest BCUT2D eigenvalue weighted by Gasteiger charge is 2.49. The zero-order valence-electron chi connectivity index (χ0n) is 16.0. The largest absolute Gasteiger partial charge is 0.497 e. The van der Waals surface area contributed by atoms with Crippen LogP contribution >= 0.6 is 11.3 Å². The average Bonchev–Trinajstić information content (AvgIpc) is 3.31. The number of carbonyl (C=O) groups is 2. The molecule has 146 valence electrons. The fourth-order valence-corrected chi connectivity index (χ4v) is 4.02. The van der Waals surface area contributed by atoms with Gasteiger partial charge in [0.2, 0.25) is 0 Å². The molecule has 2 aromatic carbocycles. The Morgan fingerprint density at radius 2 is 1.76 bits per heavy atom. The molecule has 1 N–H and O–H groups in total. The zero-order chi connectivity index (χ0) is 20.4. The lowest BCUT2D eigenvalue weighted by molar-refractivity contribution is -0.131. The number of urea groups is 1. The van der Waals surface area contributed by atoms with Gasteiger partial charge in [-0.1, -0.05) is 42.5 Å². The highest BCUT2D eigenvalue weighted by molar-refractivity contribution is 7.17. The van der Waals surface area contributed by atoms with E-state index in [0.29, 0.717) is 11.3 Å². The Labute approximate surface area is 172 Å². The number of hydrogen-bond acceptors (Lipinski definition) is 5. The van der Waals surface area contributed by atoms with Crippen molar-refractivity contribution in [2.75, 3.05) is 7.11 Å². The Kier molecular flexibility index (Phi) is 4.90. The molecule has 1 aliphatic rings. The second-order valence-electron chi connectivity index (χ2n) is 6.71. The molecule has 7 heteroatoms. The lowest BCUT2D eigenvalue weighted by Gasteiger charge is -2.21. The van der Waals surface area contributed by atoms with E-state index in [1.54, 1.807) is 38.3 Å². The molecule has 2 heterocycles. The van der Waals surface area contributed by atoms with E-state index in [1.807, 2.05) is 42.5 Å². The summed E-state index contributed by atoms with van der Waals surface area (Å²) in [5.41, 5.74) is 0.599. The van der Waals surface area contributed by atoms with Gasteiger partial charge in [0.05, 0.1) is 13.3 Å². The third-order valence-corrected chi connectivity index (χ3v) is 5.89. The third kappa shape index (κ3) is 3.52. The molecule has 1 aliphatic heterocycles. The molecule has 6 nitrogen and oxygen atoms in total. The summed E-state index contributed by atoms with van der Waals surface area (Å²) >= 11 is 1.54. The van der Waals surface area contributed by atoms with Gasteiger partial charge in [0, 0.05) is 9.75 Å². The smallest absolute Gasteiger partial charge is 0.346 e. The summed E-state index contributed by atoms with van der Waals surface area (Å²) in [6.45, 7) is 1.67. The van der Waals surface area contributed by atoms with Gasteiger partial charge in [0.1, 0.15) is 11.3 Å². The Balaban J connectivity index is 1.54. The van der Waals surface area contributed by atoms with Gasteiger partial charge in [0.25, 0.3) is 5.91 Å². The highest BCUT2D eigenvalue weighted by atomic mass is 32.1. The summed E-state index contributed by atoms with van der Waals surface area (Å²) in [6.07, 6.45) is 1.54.